The number of halogens is 1. The largest absolute Gasteiger partial charge is 0.494 e. The van der Waals surface area contributed by atoms with E-state index in [1.54, 1.807) is 36.2 Å². The van der Waals surface area contributed by atoms with Crippen molar-refractivity contribution >= 4 is 23.5 Å². The van der Waals surface area contributed by atoms with Gasteiger partial charge in [-0.1, -0.05) is 11.6 Å². The van der Waals surface area contributed by atoms with Gasteiger partial charge in [0.2, 0.25) is 0 Å². The van der Waals surface area contributed by atoms with Crippen molar-refractivity contribution in [3.8, 4) is 5.75 Å². The maximum absolute atomic E-state index is 12.2. The Morgan fingerprint density at radius 1 is 1.30 bits per heavy atom. The van der Waals surface area contributed by atoms with Crippen LogP contribution in [-0.4, -0.2) is 54.3 Å². The summed E-state index contributed by atoms with van der Waals surface area (Å²) < 4.78 is 10.8. The van der Waals surface area contributed by atoms with E-state index < -0.39 is 18.2 Å². The molecule has 0 aliphatic carbocycles. The number of carbonyl (C=O) groups excluding carboxylic acids is 1. The van der Waals surface area contributed by atoms with Gasteiger partial charge < -0.3 is 19.5 Å². The second-order valence-electron chi connectivity index (χ2n) is 5.44. The van der Waals surface area contributed by atoms with E-state index in [0.29, 0.717) is 37.4 Å². The lowest BCUT2D eigenvalue weighted by Gasteiger charge is -2.21. The number of hydrogen-bond donors (Lipinski definition) is 1. The average Bonchev–Trinajstić information content (AvgIpc) is 3.02. The molecular formula is C16H20ClNO5. The van der Waals surface area contributed by atoms with Crippen LogP contribution in [0.1, 0.15) is 19.3 Å². The van der Waals surface area contributed by atoms with Gasteiger partial charge in [-0.3, -0.25) is 4.79 Å². The van der Waals surface area contributed by atoms with Gasteiger partial charge in [-0.05, 0) is 43.5 Å². The summed E-state index contributed by atoms with van der Waals surface area (Å²) in [6, 6.07) is 7.08. The highest BCUT2D eigenvalue weighted by Gasteiger charge is 2.35. The van der Waals surface area contributed by atoms with Crippen LogP contribution in [0.4, 0.5) is 0 Å². The third-order valence-electron chi connectivity index (χ3n) is 3.67. The Morgan fingerprint density at radius 3 is 2.57 bits per heavy atom. The topological polar surface area (TPSA) is 76.1 Å². The van der Waals surface area contributed by atoms with Gasteiger partial charge in [0.05, 0.1) is 6.61 Å². The summed E-state index contributed by atoms with van der Waals surface area (Å²) in [4.78, 5) is 24.6. The van der Waals surface area contributed by atoms with Gasteiger partial charge in [-0.25, -0.2) is 4.79 Å². The molecule has 6 nitrogen and oxygen atoms in total. The van der Waals surface area contributed by atoms with Crippen LogP contribution in [0.2, 0.25) is 5.02 Å². The minimum Gasteiger partial charge on any atom is -0.494 e. The summed E-state index contributed by atoms with van der Waals surface area (Å²) in [7, 11) is 1.68. The van der Waals surface area contributed by atoms with Crippen LogP contribution >= 0.6 is 11.6 Å². The first-order valence-corrected chi connectivity index (χ1v) is 7.87. The molecule has 0 bridgehead atoms. The lowest BCUT2D eigenvalue weighted by atomic mass is 10.2. The SMILES string of the molecule is CN(CCCOc1ccc(Cl)cc1)C(=O)[C@@H]1CC[C@H](C(=O)O)O1. The molecule has 1 amide bonds. The number of likely N-dealkylation sites (N-methyl/N-ethyl adjacent to an activating group) is 1. The molecule has 1 aromatic rings. The molecule has 1 saturated heterocycles. The Bertz CT molecular complexity index is 548. The zero-order valence-corrected chi connectivity index (χ0v) is 13.7. The summed E-state index contributed by atoms with van der Waals surface area (Å²) in [5, 5.41) is 9.53. The molecule has 0 saturated carbocycles. The molecular weight excluding hydrogens is 322 g/mol. The van der Waals surface area contributed by atoms with Crippen LogP contribution in [0.25, 0.3) is 0 Å². The van der Waals surface area contributed by atoms with Gasteiger partial charge in [0.15, 0.2) is 6.10 Å². The van der Waals surface area contributed by atoms with Gasteiger partial charge >= 0.3 is 5.97 Å². The molecule has 7 heteroatoms. The zero-order chi connectivity index (χ0) is 16.8. The molecule has 1 N–H and O–H groups in total. The molecule has 1 aliphatic heterocycles. The normalized spacial score (nSPS) is 20.3. The Hall–Kier alpha value is -1.79. The molecule has 23 heavy (non-hydrogen) atoms. The number of nitrogens with zero attached hydrogens (tertiary/aromatic N) is 1. The summed E-state index contributed by atoms with van der Waals surface area (Å²) >= 11 is 5.79. The third kappa shape index (κ3) is 5.11. The fourth-order valence-corrected chi connectivity index (χ4v) is 2.51. The molecule has 0 spiro atoms. The third-order valence-corrected chi connectivity index (χ3v) is 3.92. The van der Waals surface area contributed by atoms with Gasteiger partial charge in [-0.2, -0.15) is 0 Å². The van der Waals surface area contributed by atoms with Gasteiger partial charge in [0.1, 0.15) is 11.9 Å². The second-order valence-corrected chi connectivity index (χ2v) is 5.88. The molecule has 1 heterocycles. The maximum atomic E-state index is 12.2. The van der Waals surface area contributed by atoms with E-state index in [9.17, 15) is 9.59 Å². The highest BCUT2D eigenvalue weighted by molar-refractivity contribution is 6.30. The Balaban J connectivity index is 1.68. The maximum Gasteiger partial charge on any atom is 0.332 e. The summed E-state index contributed by atoms with van der Waals surface area (Å²) in [5.41, 5.74) is 0. The van der Waals surface area contributed by atoms with Crippen LogP contribution in [0, 0.1) is 0 Å². The summed E-state index contributed by atoms with van der Waals surface area (Å²) in [6.45, 7) is 0.993. The lowest BCUT2D eigenvalue weighted by molar-refractivity contribution is -0.154. The number of benzene rings is 1. The first-order valence-electron chi connectivity index (χ1n) is 7.49. The van der Waals surface area contributed by atoms with Crippen molar-refractivity contribution in [3.05, 3.63) is 29.3 Å². The van der Waals surface area contributed by atoms with E-state index in [1.807, 2.05) is 0 Å². The van der Waals surface area contributed by atoms with E-state index in [1.165, 1.54) is 0 Å². The molecule has 0 aromatic heterocycles. The van der Waals surface area contributed by atoms with E-state index in [4.69, 9.17) is 26.2 Å². The minimum absolute atomic E-state index is 0.180. The van der Waals surface area contributed by atoms with E-state index in [0.717, 1.165) is 5.75 Å². The van der Waals surface area contributed by atoms with Crippen molar-refractivity contribution in [2.45, 2.75) is 31.5 Å². The number of hydrogen-bond acceptors (Lipinski definition) is 4. The molecule has 0 radical (unpaired) electrons. The standard InChI is InChI=1S/C16H20ClNO5/c1-18(15(19)13-7-8-14(23-13)16(20)21)9-2-10-22-12-5-3-11(17)4-6-12/h3-6,13-14H,2,7-10H2,1H3,(H,20,21)/t13-,14+/m0/s1. The molecule has 1 aliphatic rings. The monoisotopic (exact) mass is 341 g/mol. The van der Waals surface area contributed by atoms with Gasteiger partial charge in [0.25, 0.3) is 5.91 Å². The Kier molecular flexibility index (Phi) is 6.24. The van der Waals surface area contributed by atoms with Crippen molar-refractivity contribution < 1.29 is 24.2 Å². The highest BCUT2D eigenvalue weighted by atomic mass is 35.5. The molecule has 1 aromatic carbocycles. The molecule has 0 unspecified atom stereocenters. The Labute approximate surface area is 139 Å². The van der Waals surface area contributed by atoms with E-state index >= 15 is 0 Å². The van der Waals surface area contributed by atoms with Crippen molar-refractivity contribution in [3.63, 3.8) is 0 Å². The number of carboxylic acid groups (broad SMARTS) is 1. The number of carbonyl (C=O) groups is 2. The molecule has 2 rings (SSSR count). The number of rotatable bonds is 7. The van der Waals surface area contributed by atoms with Crippen LogP contribution in [0.5, 0.6) is 5.75 Å². The van der Waals surface area contributed by atoms with Crippen molar-refractivity contribution in [1.29, 1.82) is 0 Å². The van der Waals surface area contributed by atoms with Crippen LogP contribution < -0.4 is 4.74 Å². The van der Waals surface area contributed by atoms with Crippen LogP contribution in [0.15, 0.2) is 24.3 Å². The van der Waals surface area contributed by atoms with E-state index in [-0.39, 0.29) is 5.91 Å². The molecule has 126 valence electrons. The smallest absolute Gasteiger partial charge is 0.332 e. The second kappa shape index (κ2) is 8.17. The van der Waals surface area contributed by atoms with Gasteiger partial charge in [0, 0.05) is 18.6 Å². The summed E-state index contributed by atoms with van der Waals surface area (Å²) in [6.07, 6.45) is -0.0375. The molecule has 2 atom stereocenters. The van der Waals surface area contributed by atoms with E-state index in [2.05, 4.69) is 0 Å². The number of carboxylic acids is 1. The van der Waals surface area contributed by atoms with Crippen molar-refractivity contribution in [1.82, 2.24) is 4.90 Å². The first-order chi connectivity index (χ1) is 11.0. The fraction of sp³-hybridized carbons (Fsp3) is 0.500. The van der Waals surface area contributed by atoms with Crippen LogP contribution in [0.3, 0.4) is 0 Å². The molecule has 1 fully saturated rings. The minimum atomic E-state index is -1.01. The zero-order valence-electron chi connectivity index (χ0n) is 12.9. The number of ether oxygens (including phenoxy) is 2. The Morgan fingerprint density at radius 2 is 1.96 bits per heavy atom. The summed E-state index contributed by atoms with van der Waals surface area (Å²) in [5.74, 6) is -0.466. The number of amides is 1. The predicted octanol–water partition coefficient (Wildman–Crippen LogP) is 2.20. The van der Waals surface area contributed by atoms with Crippen molar-refractivity contribution in [2.75, 3.05) is 20.2 Å². The predicted molar refractivity (Wildman–Crippen MR) is 84.7 cm³/mol. The highest BCUT2D eigenvalue weighted by Crippen LogP contribution is 2.21. The average molecular weight is 342 g/mol. The number of aliphatic carboxylic acids is 1. The lowest BCUT2D eigenvalue weighted by Crippen LogP contribution is -2.38. The van der Waals surface area contributed by atoms with Crippen LogP contribution in [-0.2, 0) is 14.3 Å². The van der Waals surface area contributed by atoms with Gasteiger partial charge in [-0.15, -0.1) is 0 Å². The first kappa shape index (κ1) is 17.6. The fourth-order valence-electron chi connectivity index (χ4n) is 2.38. The van der Waals surface area contributed by atoms with Crippen molar-refractivity contribution in [2.24, 2.45) is 0 Å². The quantitative estimate of drug-likeness (QED) is 0.769.